The summed E-state index contributed by atoms with van der Waals surface area (Å²) in [7, 11) is 0. The van der Waals surface area contributed by atoms with E-state index in [0.29, 0.717) is 0 Å². The third kappa shape index (κ3) is 2.22. The first-order chi connectivity index (χ1) is 8.09. The number of aliphatic carboxylic acids is 1. The minimum Gasteiger partial charge on any atom is -0.480 e. The number of carbonyl (C=O) groups is 2. The minimum absolute atomic E-state index is 0.0851. The van der Waals surface area contributed by atoms with E-state index < -0.39 is 12.0 Å². The van der Waals surface area contributed by atoms with Crippen LogP contribution in [-0.2, 0) is 9.59 Å². The molecule has 1 atom stereocenters. The molecule has 1 amide bonds. The Labute approximate surface area is 99.0 Å². The van der Waals surface area contributed by atoms with Gasteiger partial charge in [0.1, 0.15) is 6.04 Å². The van der Waals surface area contributed by atoms with Crippen LogP contribution in [-0.4, -0.2) is 36.1 Å². The predicted molar refractivity (Wildman–Crippen MR) is 63.0 cm³/mol. The Balaban J connectivity index is 2.35. The van der Waals surface area contributed by atoms with Crippen LogP contribution in [0.2, 0.25) is 0 Å². The Kier molecular flexibility index (Phi) is 2.99. The van der Waals surface area contributed by atoms with Crippen LogP contribution in [0, 0.1) is 6.92 Å². The molecule has 5 heteroatoms. The van der Waals surface area contributed by atoms with Crippen molar-refractivity contribution in [3.05, 3.63) is 29.8 Å². The molecule has 0 radical (unpaired) electrons. The topological polar surface area (TPSA) is 69.6 Å². The average Bonchev–Trinajstić information content (AvgIpc) is 2.29. The number of nitrogens with one attached hydrogen (secondary N) is 1. The number of carbonyl (C=O) groups excluding carboxylic acids is 1. The molecule has 1 aromatic carbocycles. The van der Waals surface area contributed by atoms with Crippen LogP contribution in [0.1, 0.15) is 5.56 Å². The lowest BCUT2D eigenvalue weighted by Crippen LogP contribution is -2.57. The van der Waals surface area contributed by atoms with Crippen LogP contribution < -0.4 is 10.2 Å². The number of anilines is 1. The number of rotatable bonds is 2. The molecule has 0 spiro atoms. The van der Waals surface area contributed by atoms with Gasteiger partial charge in [-0.1, -0.05) is 18.2 Å². The van der Waals surface area contributed by atoms with Gasteiger partial charge < -0.3 is 15.3 Å². The molecular formula is C12H14N2O3. The highest BCUT2D eigenvalue weighted by Crippen LogP contribution is 2.22. The van der Waals surface area contributed by atoms with Crippen molar-refractivity contribution in [2.45, 2.75) is 13.0 Å². The molecule has 0 aromatic heterocycles. The molecule has 0 saturated carbocycles. The summed E-state index contributed by atoms with van der Waals surface area (Å²) in [4.78, 5) is 24.2. The maximum Gasteiger partial charge on any atom is 0.328 e. The number of nitrogens with zero attached hydrogens (tertiary/aromatic N) is 1. The molecule has 1 aliphatic rings. The van der Waals surface area contributed by atoms with Crippen LogP contribution in [0.25, 0.3) is 0 Å². The highest BCUT2D eigenvalue weighted by Gasteiger charge is 2.32. The molecule has 1 fully saturated rings. The van der Waals surface area contributed by atoms with E-state index in [1.54, 1.807) is 4.90 Å². The van der Waals surface area contributed by atoms with E-state index in [1.165, 1.54) is 0 Å². The first-order valence-electron chi connectivity index (χ1n) is 5.41. The minimum atomic E-state index is -0.923. The quantitative estimate of drug-likeness (QED) is 0.776. The average molecular weight is 234 g/mol. The molecule has 1 saturated heterocycles. The molecule has 1 aliphatic heterocycles. The van der Waals surface area contributed by atoms with Gasteiger partial charge in [0.2, 0.25) is 5.91 Å². The zero-order valence-corrected chi connectivity index (χ0v) is 9.51. The van der Waals surface area contributed by atoms with Crippen molar-refractivity contribution in [3.63, 3.8) is 0 Å². The highest BCUT2D eigenvalue weighted by molar-refractivity contribution is 5.89. The Morgan fingerprint density at radius 2 is 2.18 bits per heavy atom. The van der Waals surface area contributed by atoms with Gasteiger partial charge in [-0.2, -0.15) is 0 Å². The van der Waals surface area contributed by atoms with Crippen LogP contribution in [0.3, 0.4) is 0 Å². The van der Waals surface area contributed by atoms with E-state index in [2.05, 4.69) is 5.32 Å². The van der Waals surface area contributed by atoms with Crippen molar-refractivity contribution >= 4 is 17.6 Å². The number of amides is 1. The van der Waals surface area contributed by atoms with Crippen molar-refractivity contribution in [2.75, 3.05) is 18.0 Å². The van der Waals surface area contributed by atoms with Gasteiger partial charge in [0.05, 0.1) is 6.54 Å². The van der Waals surface area contributed by atoms with Crippen molar-refractivity contribution in [1.29, 1.82) is 0 Å². The number of aryl methyl sites for hydroxylation is 1. The highest BCUT2D eigenvalue weighted by atomic mass is 16.4. The van der Waals surface area contributed by atoms with E-state index in [9.17, 15) is 9.59 Å². The van der Waals surface area contributed by atoms with E-state index in [1.807, 2.05) is 31.2 Å². The number of para-hydroxylation sites is 1. The molecule has 1 aromatic rings. The molecule has 2 N–H and O–H groups in total. The first-order valence-corrected chi connectivity index (χ1v) is 5.41. The molecule has 17 heavy (non-hydrogen) atoms. The number of hydrogen-bond donors (Lipinski definition) is 2. The zero-order chi connectivity index (χ0) is 12.4. The molecule has 0 aliphatic carbocycles. The van der Waals surface area contributed by atoms with E-state index in [-0.39, 0.29) is 19.0 Å². The van der Waals surface area contributed by atoms with Crippen molar-refractivity contribution in [2.24, 2.45) is 0 Å². The van der Waals surface area contributed by atoms with Gasteiger partial charge in [0, 0.05) is 12.2 Å². The van der Waals surface area contributed by atoms with Gasteiger partial charge in [-0.15, -0.1) is 0 Å². The van der Waals surface area contributed by atoms with Crippen molar-refractivity contribution in [3.8, 4) is 0 Å². The fourth-order valence-corrected chi connectivity index (χ4v) is 2.00. The molecule has 0 bridgehead atoms. The Hall–Kier alpha value is -2.04. The monoisotopic (exact) mass is 234 g/mol. The fourth-order valence-electron chi connectivity index (χ4n) is 2.00. The fraction of sp³-hybridized carbons (Fsp3) is 0.333. The van der Waals surface area contributed by atoms with Gasteiger partial charge in [-0.3, -0.25) is 4.79 Å². The molecule has 90 valence electrons. The van der Waals surface area contributed by atoms with Gasteiger partial charge in [-0.05, 0) is 18.6 Å². The smallest absolute Gasteiger partial charge is 0.328 e. The molecule has 5 nitrogen and oxygen atoms in total. The lowest BCUT2D eigenvalue weighted by molar-refractivity contribution is -0.139. The summed E-state index contributed by atoms with van der Waals surface area (Å²) in [5, 5.41) is 11.7. The van der Waals surface area contributed by atoms with Crippen molar-refractivity contribution < 1.29 is 14.7 Å². The van der Waals surface area contributed by atoms with Gasteiger partial charge in [0.25, 0.3) is 0 Å². The maximum absolute atomic E-state index is 11.4. The van der Waals surface area contributed by atoms with E-state index in [0.717, 1.165) is 11.3 Å². The number of piperazine rings is 1. The molecule has 2 rings (SSSR count). The zero-order valence-electron chi connectivity index (χ0n) is 9.51. The van der Waals surface area contributed by atoms with Gasteiger partial charge in [0.15, 0.2) is 0 Å². The van der Waals surface area contributed by atoms with Crippen LogP contribution in [0.4, 0.5) is 5.69 Å². The third-order valence-electron chi connectivity index (χ3n) is 2.89. The summed E-state index contributed by atoms with van der Waals surface area (Å²) in [5.41, 5.74) is 1.77. The van der Waals surface area contributed by atoms with Gasteiger partial charge in [-0.25, -0.2) is 4.79 Å². The van der Waals surface area contributed by atoms with Gasteiger partial charge >= 0.3 is 5.97 Å². The predicted octanol–water partition coefficient (Wildman–Crippen LogP) is 0.384. The molecule has 1 heterocycles. The van der Waals surface area contributed by atoms with Crippen molar-refractivity contribution in [1.82, 2.24) is 5.32 Å². The molecular weight excluding hydrogens is 220 g/mol. The van der Waals surface area contributed by atoms with Crippen LogP contribution in [0.5, 0.6) is 0 Å². The Morgan fingerprint density at radius 1 is 1.47 bits per heavy atom. The number of carboxylic acids is 1. The second-order valence-electron chi connectivity index (χ2n) is 4.07. The number of hydrogen-bond acceptors (Lipinski definition) is 3. The van der Waals surface area contributed by atoms with Crippen LogP contribution in [0.15, 0.2) is 24.3 Å². The van der Waals surface area contributed by atoms with E-state index in [4.69, 9.17) is 5.11 Å². The second-order valence-corrected chi connectivity index (χ2v) is 4.07. The van der Waals surface area contributed by atoms with E-state index >= 15 is 0 Å². The summed E-state index contributed by atoms with van der Waals surface area (Å²) in [6, 6.07) is 6.77. The standard InChI is InChI=1S/C12H14N2O3/c1-8-4-2-3-5-9(8)14-7-11(15)13-6-10(14)12(16)17/h2-5,10H,6-7H2,1H3,(H,13,15)(H,16,17). The summed E-state index contributed by atoms with van der Waals surface area (Å²) in [5.74, 6) is -1.07. The normalized spacial score (nSPS) is 19.9. The lowest BCUT2D eigenvalue weighted by Gasteiger charge is -2.35. The third-order valence-corrected chi connectivity index (χ3v) is 2.89. The summed E-state index contributed by atoms with van der Waals surface area (Å²) in [6.07, 6.45) is 0. The van der Waals surface area contributed by atoms with Crippen LogP contribution >= 0.6 is 0 Å². The lowest BCUT2D eigenvalue weighted by atomic mass is 10.1. The number of benzene rings is 1. The number of carboxylic acid groups (broad SMARTS) is 1. The summed E-state index contributed by atoms with van der Waals surface area (Å²) in [6.45, 7) is 2.13. The summed E-state index contributed by atoms with van der Waals surface area (Å²) < 4.78 is 0. The SMILES string of the molecule is Cc1ccccc1N1CC(=O)NCC1C(=O)O. The largest absolute Gasteiger partial charge is 0.480 e. The maximum atomic E-state index is 11.4. The molecule has 1 unspecified atom stereocenters. The summed E-state index contributed by atoms with van der Waals surface area (Å²) >= 11 is 0. The Bertz CT molecular complexity index is 459. The Morgan fingerprint density at radius 3 is 2.82 bits per heavy atom. The first kappa shape index (κ1) is 11.4. The second kappa shape index (κ2) is 4.45.